The molecule has 27 heavy (non-hydrogen) atoms. The molecule has 2 amide bonds. The summed E-state index contributed by atoms with van der Waals surface area (Å²) in [5, 5.41) is 23.6. The number of carboxylic acids is 1. The Morgan fingerprint density at radius 1 is 1.15 bits per heavy atom. The summed E-state index contributed by atoms with van der Waals surface area (Å²) in [4.78, 5) is 35.6. The van der Waals surface area contributed by atoms with E-state index >= 15 is 0 Å². The summed E-state index contributed by atoms with van der Waals surface area (Å²) >= 11 is 0. The number of amides is 2. The summed E-state index contributed by atoms with van der Waals surface area (Å²) in [7, 11) is 0. The van der Waals surface area contributed by atoms with E-state index in [9.17, 15) is 24.6 Å². The van der Waals surface area contributed by atoms with Crippen LogP contribution in [0.2, 0.25) is 0 Å². The Morgan fingerprint density at radius 2 is 1.78 bits per heavy atom. The largest absolute Gasteiger partial charge is 0.480 e. The van der Waals surface area contributed by atoms with Crippen LogP contribution in [0.5, 0.6) is 0 Å². The van der Waals surface area contributed by atoms with Crippen LogP contribution >= 0.6 is 0 Å². The van der Waals surface area contributed by atoms with Crippen molar-refractivity contribution in [2.75, 3.05) is 0 Å². The van der Waals surface area contributed by atoms with Gasteiger partial charge in [0.15, 0.2) is 0 Å². The van der Waals surface area contributed by atoms with Crippen LogP contribution in [-0.4, -0.2) is 46.4 Å². The molecule has 148 valence electrons. The number of ether oxygens (including phenoxy) is 1. The van der Waals surface area contributed by atoms with Crippen LogP contribution in [0, 0.1) is 0 Å². The number of carboxylic acid groups (broad SMARTS) is 1. The Labute approximate surface area is 158 Å². The molecule has 8 nitrogen and oxygen atoms in total. The smallest absolute Gasteiger partial charge is 0.408 e. The maximum atomic E-state index is 12.3. The van der Waals surface area contributed by atoms with E-state index in [0.29, 0.717) is 0 Å². The molecule has 0 saturated heterocycles. The quantitative estimate of drug-likeness (QED) is 0.484. The van der Waals surface area contributed by atoms with Gasteiger partial charge in [0.1, 0.15) is 18.7 Å². The molecule has 1 aromatic rings. The minimum absolute atomic E-state index is 0.000849. The molecule has 4 N–H and O–H groups in total. The van der Waals surface area contributed by atoms with E-state index in [2.05, 4.69) is 10.6 Å². The molecule has 0 aliphatic heterocycles. The third kappa shape index (κ3) is 8.37. The van der Waals surface area contributed by atoms with Gasteiger partial charge in [-0.05, 0) is 32.8 Å². The van der Waals surface area contributed by atoms with Crippen LogP contribution < -0.4 is 10.6 Å². The second kappa shape index (κ2) is 11.0. The number of allylic oxidation sites excluding steroid dienone is 1. The molecule has 0 bridgehead atoms. The van der Waals surface area contributed by atoms with Gasteiger partial charge in [0.2, 0.25) is 5.91 Å². The molecule has 1 rings (SSSR count). The lowest BCUT2D eigenvalue weighted by Crippen LogP contribution is -2.55. The van der Waals surface area contributed by atoms with Crippen LogP contribution in [0.3, 0.4) is 0 Å². The molecule has 1 aromatic carbocycles. The number of benzene rings is 1. The molecule has 0 aromatic heterocycles. The van der Waals surface area contributed by atoms with Crippen molar-refractivity contribution in [2.24, 2.45) is 0 Å². The Bertz CT molecular complexity index is 668. The number of aliphatic hydroxyl groups excluding tert-OH is 1. The van der Waals surface area contributed by atoms with Gasteiger partial charge in [-0.15, -0.1) is 0 Å². The minimum Gasteiger partial charge on any atom is -0.480 e. The summed E-state index contributed by atoms with van der Waals surface area (Å²) in [6.07, 6.45) is -0.366. The van der Waals surface area contributed by atoms with Crippen molar-refractivity contribution in [3.8, 4) is 0 Å². The standard InChI is InChI=1S/C19H26N2O6/c1-12(2)9-10-15(18(24)25)20-17(23)16(13(3)22)21-19(26)27-11-14-7-5-4-6-8-14/h4-9,13,15-16,22H,10-11H2,1-3H3,(H,20,23)(H,21,26)(H,24,25)/t13-,15+,16+/m1/s1. The average molecular weight is 378 g/mol. The fraction of sp³-hybridized carbons (Fsp3) is 0.421. The number of nitrogens with one attached hydrogen (secondary N) is 2. The van der Waals surface area contributed by atoms with Crippen molar-refractivity contribution in [1.82, 2.24) is 10.6 Å². The topological polar surface area (TPSA) is 125 Å². The van der Waals surface area contributed by atoms with Gasteiger partial charge in [0, 0.05) is 0 Å². The van der Waals surface area contributed by atoms with Crippen LogP contribution in [0.25, 0.3) is 0 Å². The number of alkyl carbamates (subject to hydrolysis) is 1. The predicted molar refractivity (Wildman–Crippen MR) is 98.8 cm³/mol. The lowest BCUT2D eigenvalue weighted by atomic mass is 10.1. The first-order valence-corrected chi connectivity index (χ1v) is 8.52. The highest BCUT2D eigenvalue weighted by atomic mass is 16.5. The van der Waals surface area contributed by atoms with Gasteiger partial charge in [-0.3, -0.25) is 4.79 Å². The van der Waals surface area contributed by atoms with E-state index in [1.807, 2.05) is 19.9 Å². The lowest BCUT2D eigenvalue weighted by molar-refractivity contribution is -0.142. The highest BCUT2D eigenvalue weighted by molar-refractivity contribution is 5.89. The molecule has 0 radical (unpaired) electrons. The zero-order chi connectivity index (χ0) is 20.4. The summed E-state index contributed by atoms with van der Waals surface area (Å²) in [6, 6.07) is 6.44. The van der Waals surface area contributed by atoms with Crippen LogP contribution in [0.15, 0.2) is 42.0 Å². The van der Waals surface area contributed by atoms with Crippen molar-refractivity contribution >= 4 is 18.0 Å². The molecular formula is C19H26N2O6. The zero-order valence-corrected chi connectivity index (χ0v) is 15.6. The number of carbonyl (C=O) groups is 3. The number of rotatable bonds is 9. The Balaban J connectivity index is 2.67. The second-order valence-electron chi connectivity index (χ2n) is 6.34. The number of hydrogen-bond acceptors (Lipinski definition) is 5. The molecule has 0 fully saturated rings. The maximum Gasteiger partial charge on any atom is 0.408 e. The first-order valence-electron chi connectivity index (χ1n) is 8.52. The highest BCUT2D eigenvalue weighted by Crippen LogP contribution is 2.04. The molecule has 0 saturated carbocycles. The fourth-order valence-electron chi connectivity index (χ4n) is 2.13. The van der Waals surface area contributed by atoms with E-state index in [-0.39, 0.29) is 13.0 Å². The SMILES string of the molecule is CC(C)=CC[C@H](NC(=O)[C@@H](NC(=O)OCc1ccccc1)[C@@H](C)O)C(=O)O. The number of aliphatic carboxylic acids is 1. The third-order valence-electron chi connectivity index (χ3n) is 3.63. The van der Waals surface area contributed by atoms with Crippen LogP contribution in [0.1, 0.15) is 32.8 Å². The maximum absolute atomic E-state index is 12.3. The van der Waals surface area contributed by atoms with Gasteiger partial charge in [-0.2, -0.15) is 0 Å². The molecule has 0 aliphatic carbocycles. The Morgan fingerprint density at radius 3 is 2.30 bits per heavy atom. The van der Waals surface area contributed by atoms with E-state index in [0.717, 1.165) is 11.1 Å². The molecule has 8 heteroatoms. The number of carbonyl (C=O) groups excluding carboxylic acids is 2. The van der Waals surface area contributed by atoms with Gasteiger partial charge in [-0.1, -0.05) is 42.0 Å². The van der Waals surface area contributed by atoms with Crippen molar-refractivity contribution in [2.45, 2.75) is 52.0 Å². The van der Waals surface area contributed by atoms with Crippen LogP contribution in [0.4, 0.5) is 4.79 Å². The molecule has 0 unspecified atom stereocenters. The molecule has 0 aliphatic rings. The number of aliphatic hydroxyl groups is 1. The Hall–Kier alpha value is -2.87. The van der Waals surface area contributed by atoms with Crippen LogP contribution in [-0.2, 0) is 20.9 Å². The predicted octanol–water partition coefficient (Wildman–Crippen LogP) is 1.59. The Kier molecular flexibility index (Phi) is 9.01. The summed E-state index contributed by atoms with van der Waals surface area (Å²) in [5.41, 5.74) is 1.67. The van der Waals surface area contributed by atoms with E-state index in [1.54, 1.807) is 30.3 Å². The van der Waals surface area contributed by atoms with E-state index < -0.39 is 36.2 Å². The molecule has 0 heterocycles. The van der Waals surface area contributed by atoms with Gasteiger partial charge in [0.05, 0.1) is 6.10 Å². The highest BCUT2D eigenvalue weighted by Gasteiger charge is 2.29. The van der Waals surface area contributed by atoms with Crippen molar-refractivity contribution < 1.29 is 29.3 Å². The fourth-order valence-corrected chi connectivity index (χ4v) is 2.13. The first-order chi connectivity index (χ1) is 12.7. The summed E-state index contributed by atoms with van der Waals surface area (Å²) < 4.78 is 5.02. The van der Waals surface area contributed by atoms with Gasteiger partial charge in [0.25, 0.3) is 0 Å². The van der Waals surface area contributed by atoms with Crippen molar-refractivity contribution in [1.29, 1.82) is 0 Å². The molecular weight excluding hydrogens is 352 g/mol. The zero-order valence-electron chi connectivity index (χ0n) is 15.6. The third-order valence-corrected chi connectivity index (χ3v) is 3.63. The minimum atomic E-state index is -1.35. The van der Waals surface area contributed by atoms with Gasteiger partial charge >= 0.3 is 12.1 Å². The number of hydrogen-bond donors (Lipinski definition) is 4. The molecule has 3 atom stereocenters. The van der Waals surface area contributed by atoms with Gasteiger partial charge < -0.3 is 25.6 Å². The van der Waals surface area contributed by atoms with E-state index in [1.165, 1.54) is 6.92 Å². The summed E-state index contributed by atoms with van der Waals surface area (Å²) in [6.45, 7) is 4.93. The normalized spacial score (nSPS) is 13.6. The molecule has 0 spiro atoms. The van der Waals surface area contributed by atoms with Gasteiger partial charge in [-0.25, -0.2) is 9.59 Å². The monoisotopic (exact) mass is 378 g/mol. The summed E-state index contributed by atoms with van der Waals surface area (Å²) in [5.74, 6) is -2.02. The second-order valence-corrected chi connectivity index (χ2v) is 6.34. The first kappa shape index (κ1) is 22.2. The van der Waals surface area contributed by atoms with Crippen molar-refractivity contribution in [3.05, 3.63) is 47.5 Å². The lowest BCUT2D eigenvalue weighted by Gasteiger charge is -2.22. The van der Waals surface area contributed by atoms with Crippen molar-refractivity contribution in [3.63, 3.8) is 0 Å². The van der Waals surface area contributed by atoms with E-state index in [4.69, 9.17) is 4.74 Å². The average Bonchev–Trinajstić information content (AvgIpc) is 2.61.